The van der Waals surface area contributed by atoms with Gasteiger partial charge < -0.3 is 10.6 Å². The predicted octanol–water partition coefficient (Wildman–Crippen LogP) is -0.711. The van der Waals surface area contributed by atoms with Crippen LogP contribution in [0.15, 0.2) is 0 Å². The molecule has 88 valence electrons. The van der Waals surface area contributed by atoms with Crippen LogP contribution in [-0.4, -0.2) is 45.5 Å². The third-order valence-electron chi connectivity index (χ3n) is 2.40. The van der Waals surface area contributed by atoms with Crippen molar-refractivity contribution in [2.24, 2.45) is 0 Å². The van der Waals surface area contributed by atoms with E-state index in [2.05, 4.69) is 10.6 Å². The van der Waals surface area contributed by atoms with Crippen molar-refractivity contribution < 1.29 is 13.2 Å². The van der Waals surface area contributed by atoms with Crippen molar-refractivity contribution in [3.05, 3.63) is 0 Å². The second kappa shape index (κ2) is 5.46. The van der Waals surface area contributed by atoms with Crippen LogP contribution >= 0.6 is 0 Å². The summed E-state index contributed by atoms with van der Waals surface area (Å²) in [5.74, 6) is -0.226. The minimum atomic E-state index is -3.03. The van der Waals surface area contributed by atoms with Gasteiger partial charge in [-0.1, -0.05) is 0 Å². The van der Waals surface area contributed by atoms with Gasteiger partial charge in [0.1, 0.15) is 9.84 Å². The third kappa shape index (κ3) is 5.74. The maximum Gasteiger partial charge on any atom is 0.221 e. The Morgan fingerprint density at radius 2 is 2.00 bits per heavy atom. The Morgan fingerprint density at radius 1 is 1.40 bits per heavy atom. The highest BCUT2D eigenvalue weighted by Gasteiger charge is 2.16. The van der Waals surface area contributed by atoms with Gasteiger partial charge in [0.15, 0.2) is 0 Å². The summed E-state index contributed by atoms with van der Waals surface area (Å²) in [5, 5.41) is 6.05. The van der Waals surface area contributed by atoms with Gasteiger partial charge in [-0.15, -0.1) is 0 Å². The van der Waals surface area contributed by atoms with Crippen LogP contribution in [0.1, 0.15) is 19.3 Å². The molecule has 2 N–H and O–H groups in total. The number of piperidine rings is 1. The average molecular weight is 234 g/mol. The van der Waals surface area contributed by atoms with Gasteiger partial charge in [0.25, 0.3) is 0 Å². The van der Waals surface area contributed by atoms with E-state index >= 15 is 0 Å². The fraction of sp³-hybridized carbons (Fsp3) is 0.889. The molecule has 0 aromatic carbocycles. The van der Waals surface area contributed by atoms with Crippen LogP contribution in [0.2, 0.25) is 0 Å². The first-order valence-electron chi connectivity index (χ1n) is 5.15. The average Bonchev–Trinajstić information content (AvgIpc) is 2.15. The van der Waals surface area contributed by atoms with Gasteiger partial charge in [0, 0.05) is 18.7 Å². The molecule has 5 nitrogen and oxygen atoms in total. The summed E-state index contributed by atoms with van der Waals surface area (Å²) >= 11 is 0. The van der Waals surface area contributed by atoms with Crippen LogP contribution in [0.4, 0.5) is 0 Å². The van der Waals surface area contributed by atoms with Crippen molar-refractivity contribution in [2.45, 2.75) is 25.3 Å². The molecule has 0 spiro atoms. The SMILES string of the molecule is CS(=O)(=O)CCC(=O)NC1CCNCC1. The Kier molecular flexibility index (Phi) is 4.53. The van der Waals surface area contributed by atoms with Crippen molar-refractivity contribution >= 4 is 15.7 Å². The van der Waals surface area contributed by atoms with E-state index in [1.165, 1.54) is 0 Å². The van der Waals surface area contributed by atoms with Gasteiger partial charge in [0.05, 0.1) is 5.75 Å². The molecule has 1 rings (SSSR count). The van der Waals surface area contributed by atoms with E-state index in [-0.39, 0.29) is 24.1 Å². The van der Waals surface area contributed by atoms with E-state index in [0.29, 0.717) is 0 Å². The Morgan fingerprint density at radius 3 is 2.53 bits per heavy atom. The van der Waals surface area contributed by atoms with E-state index in [1.54, 1.807) is 0 Å². The molecule has 0 aromatic heterocycles. The number of sulfone groups is 1. The molecule has 1 aliphatic rings. The quantitative estimate of drug-likeness (QED) is 0.674. The van der Waals surface area contributed by atoms with Crippen LogP contribution in [0.25, 0.3) is 0 Å². The lowest BCUT2D eigenvalue weighted by atomic mass is 10.1. The van der Waals surface area contributed by atoms with Gasteiger partial charge in [-0.25, -0.2) is 8.42 Å². The highest BCUT2D eigenvalue weighted by molar-refractivity contribution is 7.90. The smallest absolute Gasteiger partial charge is 0.221 e. The second-order valence-corrected chi connectivity index (χ2v) is 6.23. The molecular weight excluding hydrogens is 216 g/mol. The maximum atomic E-state index is 11.4. The number of hydrogen-bond acceptors (Lipinski definition) is 4. The van der Waals surface area contributed by atoms with E-state index in [4.69, 9.17) is 0 Å². The monoisotopic (exact) mass is 234 g/mol. The summed E-state index contributed by atoms with van der Waals surface area (Å²) in [7, 11) is -3.03. The van der Waals surface area contributed by atoms with Gasteiger partial charge in [-0.2, -0.15) is 0 Å². The largest absolute Gasteiger partial charge is 0.353 e. The Balaban J connectivity index is 2.23. The van der Waals surface area contributed by atoms with E-state index < -0.39 is 9.84 Å². The zero-order chi connectivity index (χ0) is 11.3. The molecule has 0 unspecified atom stereocenters. The van der Waals surface area contributed by atoms with Gasteiger partial charge in [-0.05, 0) is 25.9 Å². The van der Waals surface area contributed by atoms with Crippen LogP contribution in [-0.2, 0) is 14.6 Å². The van der Waals surface area contributed by atoms with Crippen LogP contribution in [0.3, 0.4) is 0 Å². The first kappa shape index (κ1) is 12.4. The normalized spacial score (nSPS) is 18.7. The number of nitrogens with one attached hydrogen (secondary N) is 2. The number of carbonyl (C=O) groups is 1. The lowest BCUT2D eigenvalue weighted by Gasteiger charge is -2.23. The first-order valence-corrected chi connectivity index (χ1v) is 7.21. The summed E-state index contributed by atoms with van der Waals surface area (Å²) in [6, 6.07) is 0.207. The number of amides is 1. The molecule has 6 heteroatoms. The lowest BCUT2D eigenvalue weighted by molar-refractivity contribution is -0.121. The second-order valence-electron chi connectivity index (χ2n) is 3.97. The zero-order valence-electron chi connectivity index (χ0n) is 8.95. The van der Waals surface area contributed by atoms with Gasteiger partial charge in [0.2, 0.25) is 5.91 Å². The molecule has 1 aliphatic heterocycles. The predicted molar refractivity (Wildman–Crippen MR) is 58.4 cm³/mol. The van der Waals surface area contributed by atoms with E-state index in [0.717, 1.165) is 32.2 Å². The molecular formula is C9H18N2O3S. The van der Waals surface area contributed by atoms with E-state index in [9.17, 15) is 13.2 Å². The van der Waals surface area contributed by atoms with Gasteiger partial charge in [-0.3, -0.25) is 4.79 Å². The Hall–Kier alpha value is -0.620. The van der Waals surface area contributed by atoms with Crippen molar-refractivity contribution in [1.82, 2.24) is 10.6 Å². The summed E-state index contributed by atoms with van der Waals surface area (Å²) < 4.78 is 21.7. The molecule has 1 heterocycles. The number of rotatable bonds is 4. The van der Waals surface area contributed by atoms with Crippen molar-refractivity contribution in [3.8, 4) is 0 Å². The van der Waals surface area contributed by atoms with Crippen molar-refractivity contribution in [3.63, 3.8) is 0 Å². The van der Waals surface area contributed by atoms with Crippen LogP contribution in [0.5, 0.6) is 0 Å². The Bertz CT molecular complexity index is 307. The molecule has 0 aromatic rings. The first-order chi connectivity index (χ1) is 6.97. The Labute approximate surface area is 90.5 Å². The molecule has 0 radical (unpaired) electrons. The van der Waals surface area contributed by atoms with Crippen LogP contribution < -0.4 is 10.6 Å². The molecule has 1 amide bonds. The summed E-state index contributed by atoms with van der Waals surface area (Å²) in [6.45, 7) is 1.83. The molecule has 0 saturated carbocycles. The number of carbonyl (C=O) groups excluding carboxylic acids is 1. The topological polar surface area (TPSA) is 75.3 Å². The molecule has 1 saturated heterocycles. The minimum Gasteiger partial charge on any atom is -0.353 e. The van der Waals surface area contributed by atoms with E-state index in [1.807, 2.05) is 0 Å². The molecule has 1 fully saturated rings. The third-order valence-corrected chi connectivity index (χ3v) is 3.35. The zero-order valence-corrected chi connectivity index (χ0v) is 9.77. The maximum absolute atomic E-state index is 11.4. The molecule has 0 atom stereocenters. The minimum absolute atomic E-state index is 0.0657. The van der Waals surface area contributed by atoms with Crippen LogP contribution in [0, 0.1) is 0 Å². The summed E-state index contributed by atoms with van der Waals surface area (Å²) in [5.41, 5.74) is 0. The fourth-order valence-corrected chi connectivity index (χ4v) is 2.10. The summed E-state index contributed by atoms with van der Waals surface area (Å²) in [6.07, 6.45) is 3.06. The van der Waals surface area contributed by atoms with Gasteiger partial charge >= 0.3 is 0 Å². The molecule has 0 aliphatic carbocycles. The van der Waals surface area contributed by atoms with Crippen molar-refractivity contribution in [1.29, 1.82) is 0 Å². The molecule has 15 heavy (non-hydrogen) atoms. The molecule has 0 bridgehead atoms. The standard InChI is InChI=1S/C9H18N2O3S/c1-15(13,14)7-4-9(12)11-8-2-5-10-6-3-8/h8,10H,2-7H2,1H3,(H,11,12). The highest BCUT2D eigenvalue weighted by Crippen LogP contribution is 2.02. The fourth-order valence-electron chi connectivity index (χ4n) is 1.54. The van der Waals surface area contributed by atoms with Crippen molar-refractivity contribution in [2.75, 3.05) is 25.1 Å². The number of hydrogen-bond donors (Lipinski definition) is 2. The lowest BCUT2D eigenvalue weighted by Crippen LogP contribution is -2.43. The summed E-state index contributed by atoms with van der Waals surface area (Å²) in [4.78, 5) is 11.4. The highest BCUT2D eigenvalue weighted by atomic mass is 32.2.